The van der Waals surface area contributed by atoms with E-state index in [0.717, 1.165) is 12.0 Å². The highest BCUT2D eigenvalue weighted by Crippen LogP contribution is 2.18. The predicted molar refractivity (Wildman–Crippen MR) is 101 cm³/mol. The van der Waals surface area contributed by atoms with Crippen molar-refractivity contribution in [2.75, 3.05) is 18.1 Å². The molecular formula is C16H19ClN8O2. The molecule has 0 aliphatic heterocycles. The molecule has 0 fully saturated rings. The molecule has 0 aliphatic carbocycles. The molecule has 0 aromatic carbocycles. The van der Waals surface area contributed by atoms with E-state index in [-0.39, 0.29) is 11.1 Å². The zero-order valence-corrected chi connectivity index (χ0v) is 15.2. The van der Waals surface area contributed by atoms with Crippen LogP contribution < -0.4 is 16.8 Å². The van der Waals surface area contributed by atoms with Crippen molar-refractivity contribution in [2.45, 2.75) is 25.9 Å². The molecule has 10 nitrogen and oxygen atoms in total. The van der Waals surface area contributed by atoms with Crippen molar-refractivity contribution in [1.82, 2.24) is 29.8 Å². The Labute approximate surface area is 159 Å². The minimum atomic E-state index is -0.479. The number of imidazole rings is 1. The van der Waals surface area contributed by atoms with Gasteiger partial charge in [-0.2, -0.15) is 9.97 Å². The van der Waals surface area contributed by atoms with Crippen molar-refractivity contribution in [3.8, 4) is 0 Å². The number of alkyl carbamates (subject to hydrolysis) is 1. The van der Waals surface area contributed by atoms with Gasteiger partial charge in [0.1, 0.15) is 11.3 Å². The minimum Gasteiger partial charge on any atom is -0.450 e. The smallest absolute Gasteiger partial charge is 0.407 e. The highest BCUT2D eigenvalue weighted by atomic mass is 35.5. The van der Waals surface area contributed by atoms with Crippen molar-refractivity contribution >= 4 is 40.5 Å². The van der Waals surface area contributed by atoms with E-state index in [9.17, 15) is 4.79 Å². The first kappa shape index (κ1) is 18.6. The third-order valence-corrected chi connectivity index (χ3v) is 3.94. The molecule has 0 aliphatic rings. The second-order valence-corrected chi connectivity index (χ2v) is 6.11. The number of nitrogens with zero attached hydrogens (tertiary/aromatic N) is 5. The van der Waals surface area contributed by atoms with E-state index in [1.165, 1.54) is 0 Å². The van der Waals surface area contributed by atoms with Crippen LogP contribution in [0.15, 0.2) is 24.7 Å². The van der Waals surface area contributed by atoms with Gasteiger partial charge in [-0.25, -0.2) is 14.8 Å². The largest absolute Gasteiger partial charge is 0.450 e. The van der Waals surface area contributed by atoms with Gasteiger partial charge in [0.25, 0.3) is 0 Å². The van der Waals surface area contributed by atoms with Crippen LogP contribution in [0.5, 0.6) is 0 Å². The number of fused-ring (bicyclic) bond motifs is 1. The predicted octanol–water partition coefficient (Wildman–Crippen LogP) is 1.75. The van der Waals surface area contributed by atoms with Crippen LogP contribution in [0.25, 0.3) is 11.2 Å². The molecule has 1 amide bonds. The first-order valence-corrected chi connectivity index (χ1v) is 8.65. The molecule has 0 saturated heterocycles. The van der Waals surface area contributed by atoms with Gasteiger partial charge < -0.3 is 26.1 Å². The van der Waals surface area contributed by atoms with Gasteiger partial charge in [0, 0.05) is 19.3 Å². The van der Waals surface area contributed by atoms with Crippen LogP contribution in [0.4, 0.5) is 16.4 Å². The number of carbonyl (C=O) groups is 1. The molecular weight excluding hydrogens is 372 g/mol. The van der Waals surface area contributed by atoms with Crippen LogP contribution in [0.3, 0.4) is 0 Å². The van der Waals surface area contributed by atoms with Crippen molar-refractivity contribution in [1.29, 1.82) is 0 Å². The molecule has 0 spiro atoms. The van der Waals surface area contributed by atoms with Gasteiger partial charge in [0.2, 0.25) is 5.28 Å². The van der Waals surface area contributed by atoms with E-state index in [2.05, 4.69) is 25.3 Å². The topological polar surface area (TPSA) is 147 Å². The summed E-state index contributed by atoms with van der Waals surface area (Å²) in [6.45, 7) is 1.27. The molecule has 142 valence electrons. The van der Waals surface area contributed by atoms with Gasteiger partial charge in [-0.15, -0.1) is 0 Å². The number of amides is 1. The average Bonchev–Trinajstić information content (AvgIpc) is 3.04. The molecule has 3 heterocycles. The molecule has 3 aromatic heterocycles. The number of ether oxygens (including phenoxy) is 1. The highest BCUT2D eigenvalue weighted by Gasteiger charge is 2.10. The number of aryl methyl sites for hydroxylation is 1. The second kappa shape index (κ2) is 8.49. The number of carbonyl (C=O) groups excluding carboxylic acids is 1. The van der Waals surface area contributed by atoms with E-state index in [1.54, 1.807) is 24.7 Å². The van der Waals surface area contributed by atoms with Crippen LogP contribution in [-0.2, 0) is 17.8 Å². The zero-order valence-electron chi connectivity index (χ0n) is 14.4. The maximum atomic E-state index is 11.7. The van der Waals surface area contributed by atoms with Gasteiger partial charge in [-0.3, -0.25) is 0 Å². The lowest BCUT2D eigenvalue weighted by Crippen LogP contribution is -2.24. The Balaban J connectivity index is 1.38. The molecule has 0 atom stereocenters. The SMILES string of the molecule is Nc1ccc(CNC(=O)OCCCCn2cnc3c(N)nc(Cl)nc32)cn1. The number of anilines is 2. The van der Waals surface area contributed by atoms with Crippen molar-refractivity contribution in [3.05, 3.63) is 35.5 Å². The standard InChI is InChI=1S/C16H19ClN8O2/c17-15-23-13(19)12-14(24-15)25(9-22-12)5-1-2-6-27-16(26)21-8-10-3-4-11(18)20-7-10/h3-4,7,9H,1-2,5-6,8H2,(H2,18,20)(H,21,26)(H2,19,23,24). The fraction of sp³-hybridized carbons (Fsp3) is 0.312. The molecule has 3 rings (SSSR count). The third-order valence-electron chi connectivity index (χ3n) is 3.77. The maximum absolute atomic E-state index is 11.7. The van der Waals surface area contributed by atoms with Crippen LogP contribution in [-0.4, -0.2) is 37.2 Å². The minimum absolute atomic E-state index is 0.0815. The van der Waals surface area contributed by atoms with E-state index in [0.29, 0.717) is 43.1 Å². The first-order valence-electron chi connectivity index (χ1n) is 8.28. The maximum Gasteiger partial charge on any atom is 0.407 e. The summed E-state index contributed by atoms with van der Waals surface area (Å²) in [6, 6.07) is 3.47. The molecule has 27 heavy (non-hydrogen) atoms. The number of aromatic nitrogens is 5. The zero-order chi connectivity index (χ0) is 19.2. The Morgan fingerprint density at radius 1 is 1.22 bits per heavy atom. The van der Waals surface area contributed by atoms with Crippen LogP contribution in [0.1, 0.15) is 18.4 Å². The van der Waals surface area contributed by atoms with Gasteiger partial charge in [-0.1, -0.05) is 6.07 Å². The van der Waals surface area contributed by atoms with E-state index < -0.39 is 6.09 Å². The number of nitrogens with two attached hydrogens (primary N) is 2. The van der Waals surface area contributed by atoms with Gasteiger partial charge in [-0.05, 0) is 36.1 Å². The summed E-state index contributed by atoms with van der Waals surface area (Å²) in [4.78, 5) is 27.8. The lowest BCUT2D eigenvalue weighted by Gasteiger charge is -2.08. The number of hydrogen-bond donors (Lipinski definition) is 3. The third kappa shape index (κ3) is 4.94. The number of unbranched alkanes of at least 4 members (excludes halogenated alkanes) is 1. The van der Waals surface area contributed by atoms with Crippen molar-refractivity contribution in [2.24, 2.45) is 0 Å². The summed E-state index contributed by atoms with van der Waals surface area (Å²) in [6.07, 6.45) is 4.22. The fourth-order valence-electron chi connectivity index (χ4n) is 2.42. The Hall–Kier alpha value is -3.14. The van der Waals surface area contributed by atoms with E-state index >= 15 is 0 Å². The number of nitrogens with one attached hydrogen (secondary N) is 1. The highest BCUT2D eigenvalue weighted by molar-refractivity contribution is 6.28. The molecule has 0 unspecified atom stereocenters. The lowest BCUT2D eigenvalue weighted by molar-refractivity contribution is 0.143. The fourth-order valence-corrected chi connectivity index (χ4v) is 2.59. The summed E-state index contributed by atoms with van der Waals surface area (Å²) in [5, 5.41) is 2.74. The number of pyridine rings is 1. The van der Waals surface area contributed by atoms with Gasteiger partial charge in [0.15, 0.2) is 11.5 Å². The molecule has 3 aromatic rings. The van der Waals surface area contributed by atoms with Gasteiger partial charge in [0.05, 0.1) is 12.9 Å². The number of rotatable bonds is 7. The molecule has 11 heteroatoms. The Bertz CT molecular complexity index is 928. The van der Waals surface area contributed by atoms with Crippen molar-refractivity contribution < 1.29 is 9.53 Å². The summed E-state index contributed by atoms with van der Waals surface area (Å²) in [5.41, 5.74) is 13.2. The Kier molecular flexibility index (Phi) is 5.87. The Morgan fingerprint density at radius 3 is 2.85 bits per heavy atom. The number of nitrogen functional groups attached to an aromatic ring is 2. The molecule has 5 N–H and O–H groups in total. The van der Waals surface area contributed by atoms with Crippen LogP contribution >= 0.6 is 11.6 Å². The quantitative estimate of drug-likeness (QED) is 0.408. The average molecular weight is 391 g/mol. The normalized spacial score (nSPS) is 10.9. The molecule has 0 saturated carbocycles. The Morgan fingerprint density at radius 2 is 2.07 bits per heavy atom. The molecule has 0 bridgehead atoms. The van der Waals surface area contributed by atoms with Crippen LogP contribution in [0.2, 0.25) is 5.28 Å². The molecule has 0 radical (unpaired) electrons. The van der Waals surface area contributed by atoms with E-state index in [1.807, 2.05) is 4.57 Å². The second-order valence-electron chi connectivity index (χ2n) is 5.78. The van der Waals surface area contributed by atoms with E-state index in [4.69, 9.17) is 27.8 Å². The first-order chi connectivity index (χ1) is 13.0. The lowest BCUT2D eigenvalue weighted by atomic mass is 10.3. The summed E-state index contributed by atoms with van der Waals surface area (Å²) in [7, 11) is 0. The monoisotopic (exact) mass is 390 g/mol. The number of hydrogen-bond acceptors (Lipinski definition) is 8. The summed E-state index contributed by atoms with van der Waals surface area (Å²) >= 11 is 5.84. The number of halogens is 1. The summed E-state index contributed by atoms with van der Waals surface area (Å²) < 4.78 is 6.99. The van der Waals surface area contributed by atoms with Crippen LogP contribution in [0, 0.1) is 0 Å². The van der Waals surface area contributed by atoms with Crippen molar-refractivity contribution in [3.63, 3.8) is 0 Å². The summed E-state index contributed by atoms with van der Waals surface area (Å²) in [5.74, 6) is 0.684. The van der Waals surface area contributed by atoms with Gasteiger partial charge >= 0.3 is 6.09 Å².